The first kappa shape index (κ1) is 6.27. The van der Waals surface area contributed by atoms with Gasteiger partial charge in [-0.15, -0.1) is 4.48 Å². The van der Waals surface area contributed by atoms with Gasteiger partial charge in [0.2, 0.25) is 5.88 Å². The minimum absolute atomic E-state index is 0.139. The van der Waals surface area contributed by atoms with E-state index in [1.165, 1.54) is 18.7 Å². The maximum absolute atomic E-state index is 11.2. The Kier molecular flexibility index (Phi) is 3.10. The van der Waals surface area contributed by atoms with Gasteiger partial charge in [0.05, 0.1) is 7.11 Å². The van der Waals surface area contributed by atoms with E-state index in [4.69, 9.17) is 0 Å². The molecule has 0 atom stereocenters. The van der Waals surface area contributed by atoms with E-state index in [2.05, 4.69) is 4.74 Å². The molecule has 0 aliphatic rings. The molecule has 0 radical (unpaired) electrons. The van der Waals surface area contributed by atoms with Gasteiger partial charge < -0.3 is 4.74 Å². The van der Waals surface area contributed by atoms with Crippen LogP contribution in [0.2, 0.25) is 0 Å². The summed E-state index contributed by atoms with van der Waals surface area (Å²) in [6.45, 7) is 1.67. The molecule has 42 valence electrons. The van der Waals surface area contributed by atoms with Crippen LogP contribution in [0.15, 0.2) is 12.0 Å². The molecule has 0 saturated carbocycles. The van der Waals surface area contributed by atoms with Crippen molar-refractivity contribution < 1.29 is 9.22 Å². The quantitative estimate of drug-likeness (QED) is 0.417. The van der Waals surface area contributed by atoms with Gasteiger partial charge in [-0.2, -0.15) is 5.54 Å². The molecule has 0 aliphatic carbocycles. The summed E-state index contributed by atoms with van der Waals surface area (Å²) in [5.41, 5.74) is 1.34. The summed E-state index contributed by atoms with van der Waals surface area (Å²) in [5, 5.41) is 0. The fraction of sp³-hybridized carbons (Fsp3) is 0.500. The van der Waals surface area contributed by atoms with Crippen LogP contribution in [-0.4, -0.2) is 7.11 Å². The molecule has 2 nitrogen and oxygen atoms in total. The van der Waals surface area contributed by atoms with Crippen molar-refractivity contribution in [3.8, 4) is 0 Å². The van der Waals surface area contributed by atoms with Crippen molar-refractivity contribution >= 4 is 0 Å². The molecule has 0 rings (SSSR count). The van der Waals surface area contributed by atoms with Crippen molar-refractivity contribution in [1.29, 1.82) is 0 Å². The molecule has 0 unspecified atom stereocenters. The Balaban J connectivity index is 3.38. The van der Waals surface area contributed by atoms with Gasteiger partial charge in [-0.3, -0.25) is 0 Å². The third-order valence-electron chi connectivity index (χ3n) is 0.575. The van der Waals surface area contributed by atoms with E-state index in [0.717, 1.165) is 0 Å². The summed E-state index contributed by atoms with van der Waals surface area (Å²) in [7, 11) is 1.39. The van der Waals surface area contributed by atoms with Crippen LogP contribution in [0.25, 0.3) is 0 Å². The first-order chi connectivity index (χ1) is 3.35. The second-order valence-corrected chi connectivity index (χ2v) is 0.952. The standard InChI is InChI=1S/C4H8FNO/c1-3-4(6-5)7-2/h3,6H,1-2H3. The van der Waals surface area contributed by atoms with E-state index in [1.54, 1.807) is 6.92 Å². The smallest absolute Gasteiger partial charge is 0.210 e. The van der Waals surface area contributed by atoms with Gasteiger partial charge in [0.1, 0.15) is 0 Å². The van der Waals surface area contributed by atoms with Crippen molar-refractivity contribution in [2.24, 2.45) is 0 Å². The molecular weight excluding hydrogens is 97.0 g/mol. The lowest BCUT2D eigenvalue weighted by atomic mass is 10.7. The Labute approximate surface area is 41.9 Å². The monoisotopic (exact) mass is 105 g/mol. The number of methoxy groups -OCH3 is 1. The Hall–Kier alpha value is -0.730. The normalized spacial score (nSPS) is 11.0. The van der Waals surface area contributed by atoms with Crippen molar-refractivity contribution in [2.45, 2.75) is 6.92 Å². The lowest BCUT2D eigenvalue weighted by Crippen LogP contribution is -2.00. The molecule has 0 aromatic carbocycles. The number of halogens is 1. The SMILES string of the molecule is CC=C(NF)OC. The first-order valence-corrected chi connectivity index (χ1v) is 1.92. The molecule has 0 heterocycles. The van der Waals surface area contributed by atoms with Crippen LogP contribution in [0, 0.1) is 0 Å². The van der Waals surface area contributed by atoms with Gasteiger partial charge in [0, 0.05) is 0 Å². The highest BCUT2D eigenvalue weighted by atomic mass is 19.2. The lowest BCUT2D eigenvalue weighted by molar-refractivity contribution is 0.196. The minimum Gasteiger partial charge on any atom is -0.481 e. The molecule has 0 aromatic rings. The summed E-state index contributed by atoms with van der Waals surface area (Å²) < 4.78 is 15.6. The third-order valence-corrected chi connectivity index (χ3v) is 0.575. The molecule has 0 fully saturated rings. The zero-order chi connectivity index (χ0) is 5.70. The van der Waals surface area contributed by atoms with E-state index >= 15 is 0 Å². The van der Waals surface area contributed by atoms with Crippen LogP contribution in [0.5, 0.6) is 0 Å². The Morgan fingerprint density at radius 1 is 1.86 bits per heavy atom. The van der Waals surface area contributed by atoms with Crippen molar-refractivity contribution in [2.75, 3.05) is 7.11 Å². The predicted molar refractivity (Wildman–Crippen MR) is 25.0 cm³/mol. The van der Waals surface area contributed by atoms with Crippen LogP contribution in [0.4, 0.5) is 4.48 Å². The highest BCUT2D eigenvalue weighted by Gasteiger charge is 1.83. The lowest BCUT2D eigenvalue weighted by Gasteiger charge is -1.96. The zero-order valence-electron chi connectivity index (χ0n) is 4.36. The van der Waals surface area contributed by atoms with Gasteiger partial charge in [0.25, 0.3) is 0 Å². The Morgan fingerprint density at radius 2 is 2.43 bits per heavy atom. The number of allylic oxidation sites excluding steroid dienone is 1. The molecule has 3 heteroatoms. The zero-order valence-corrected chi connectivity index (χ0v) is 4.36. The molecular formula is C4H8FNO. The topological polar surface area (TPSA) is 21.3 Å². The number of hydrogen-bond donors (Lipinski definition) is 1. The van der Waals surface area contributed by atoms with Gasteiger partial charge in [-0.1, -0.05) is 0 Å². The maximum Gasteiger partial charge on any atom is 0.210 e. The van der Waals surface area contributed by atoms with Crippen LogP contribution < -0.4 is 5.54 Å². The van der Waals surface area contributed by atoms with Crippen molar-refractivity contribution in [3.63, 3.8) is 0 Å². The van der Waals surface area contributed by atoms with E-state index in [1.807, 2.05) is 0 Å². The summed E-state index contributed by atoms with van der Waals surface area (Å²) in [6.07, 6.45) is 1.49. The number of hydrogen-bond acceptors (Lipinski definition) is 2. The molecule has 0 amide bonds. The molecule has 7 heavy (non-hydrogen) atoms. The summed E-state index contributed by atoms with van der Waals surface area (Å²) in [4.78, 5) is 0. The minimum atomic E-state index is 0.139. The van der Waals surface area contributed by atoms with Gasteiger partial charge in [-0.25, -0.2) is 0 Å². The highest BCUT2D eigenvalue weighted by Crippen LogP contribution is 1.85. The maximum atomic E-state index is 11.2. The molecule has 0 bridgehead atoms. The third kappa shape index (κ3) is 2.03. The average molecular weight is 105 g/mol. The number of nitrogens with one attached hydrogen (secondary N) is 1. The van der Waals surface area contributed by atoms with E-state index in [0.29, 0.717) is 0 Å². The molecule has 0 aromatic heterocycles. The van der Waals surface area contributed by atoms with Crippen LogP contribution in [0.3, 0.4) is 0 Å². The summed E-state index contributed by atoms with van der Waals surface area (Å²) >= 11 is 0. The molecule has 1 N–H and O–H groups in total. The highest BCUT2D eigenvalue weighted by molar-refractivity contribution is 4.82. The molecule has 0 aliphatic heterocycles. The van der Waals surface area contributed by atoms with E-state index in [-0.39, 0.29) is 5.88 Å². The average Bonchev–Trinajstić information content (AvgIpc) is 1.72. The largest absolute Gasteiger partial charge is 0.481 e. The van der Waals surface area contributed by atoms with Gasteiger partial charge in [-0.05, 0) is 13.0 Å². The molecule has 0 spiro atoms. The van der Waals surface area contributed by atoms with Crippen molar-refractivity contribution in [1.82, 2.24) is 5.54 Å². The number of ether oxygens (including phenoxy) is 1. The summed E-state index contributed by atoms with van der Waals surface area (Å²) in [5.74, 6) is 0.139. The second-order valence-electron chi connectivity index (χ2n) is 0.952. The first-order valence-electron chi connectivity index (χ1n) is 1.92. The van der Waals surface area contributed by atoms with Gasteiger partial charge >= 0.3 is 0 Å². The van der Waals surface area contributed by atoms with Crippen LogP contribution >= 0.6 is 0 Å². The fourth-order valence-corrected chi connectivity index (χ4v) is 0.211. The van der Waals surface area contributed by atoms with Gasteiger partial charge in [0.15, 0.2) is 0 Å². The Bertz CT molecular complexity index is 66.1. The van der Waals surface area contributed by atoms with E-state index in [9.17, 15) is 4.48 Å². The summed E-state index contributed by atoms with van der Waals surface area (Å²) in [6, 6.07) is 0. The molecule has 0 saturated heterocycles. The van der Waals surface area contributed by atoms with E-state index < -0.39 is 0 Å². The predicted octanol–water partition coefficient (Wildman–Crippen LogP) is 0.968. The Morgan fingerprint density at radius 3 is 2.43 bits per heavy atom. The van der Waals surface area contributed by atoms with Crippen LogP contribution in [-0.2, 0) is 4.74 Å². The fourth-order valence-electron chi connectivity index (χ4n) is 0.211. The van der Waals surface area contributed by atoms with Crippen LogP contribution in [0.1, 0.15) is 6.92 Å². The number of rotatable bonds is 2. The van der Waals surface area contributed by atoms with Crippen molar-refractivity contribution in [3.05, 3.63) is 12.0 Å². The second kappa shape index (κ2) is 3.46.